The zero-order chi connectivity index (χ0) is 22.8. The largest absolute Gasteiger partial charge is 0.308 e. The number of hydrogen-bond donors (Lipinski definition) is 1. The van der Waals surface area contributed by atoms with E-state index in [0.29, 0.717) is 11.7 Å². The van der Waals surface area contributed by atoms with Crippen molar-refractivity contribution in [2.24, 2.45) is 0 Å². The summed E-state index contributed by atoms with van der Waals surface area (Å²) in [5, 5.41) is 14.5. The predicted octanol–water partition coefficient (Wildman–Crippen LogP) is 5.40. The number of pyridine rings is 1. The van der Waals surface area contributed by atoms with Crippen molar-refractivity contribution in [1.82, 2.24) is 35.2 Å². The highest BCUT2D eigenvalue weighted by Gasteiger charge is 2.16. The second kappa shape index (κ2) is 8.94. The van der Waals surface area contributed by atoms with Crippen LogP contribution in [-0.4, -0.2) is 35.2 Å². The van der Waals surface area contributed by atoms with Crippen molar-refractivity contribution in [2.45, 2.75) is 46.1 Å². The maximum atomic E-state index is 5.00. The first-order chi connectivity index (χ1) is 16.2. The number of H-pyrrole nitrogens is 1. The van der Waals surface area contributed by atoms with Gasteiger partial charge in [0.1, 0.15) is 11.3 Å². The highest BCUT2D eigenvalue weighted by molar-refractivity contribution is 5.80. The molecule has 0 atom stereocenters. The minimum absolute atomic E-state index is 0.409. The van der Waals surface area contributed by atoms with Crippen LogP contribution >= 0.6 is 0 Å². The molecule has 0 radical (unpaired) electrons. The lowest BCUT2D eigenvalue weighted by Gasteiger charge is -2.11. The van der Waals surface area contributed by atoms with Crippen LogP contribution in [0.15, 0.2) is 60.8 Å². The van der Waals surface area contributed by atoms with E-state index in [2.05, 4.69) is 82.4 Å². The van der Waals surface area contributed by atoms with Crippen LogP contribution in [-0.2, 0) is 13.0 Å². The molecule has 3 aromatic heterocycles. The monoisotopic (exact) mass is 437 g/mol. The number of hydrogen-bond acceptors (Lipinski definition) is 5. The lowest BCUT2D eigenvalue weighted by Crippen LogP contribution is -2.06. The Balaban J connectivity index is 1.50. The fourth-order valence-corrected chi connectivity index (χ4v) is 4.31. The van der Waals surface area contributed by atoms with Crippen molar-refractivity contribution >= 4 is 11.2 Å². The van der Waals surface area contributed by atoms with E-state index in [1.165, 1.54) is 11.1 Å². The summed E-state index contributed by atoms with van der Waals surface area (Å²) >= 11 is 0. The third-order valence-electron chi connectivity index (χ3n) is 5.96. The summed E-state index contributed by atoms with van der Waals surface area (Å²) in [4.78, 5) is 9.71. The van der Waals surface area contributed by atoms with Gasteiger partial charge in [0.2, 0.25) is 5.82 Å². The van der Waals surface area contributed by atoms with E-state index in [4.69, 9.17) is 9.97 Å². The molecule has 1 N–H and O–H groups in total. The van der Waals surface area contributed by atoms with E-state index < -0.39 is 0 Å². The summed E-state index contributed by atoms with van der Waals surface area (Å²) < 4.78 is 2.27. The minimum atomic E-state index is 0.409. The van der Waals surface area contributed by atoms with Crippen LogP contribution in [0.4, 0.5) is 0 Å². The van der Waals surface area contributed by atoms with Crippen molar-refractivity contribution in [3.63, 3.8) is 0 Å². The van der Waals surface area contributed by atoms with Gasteiger partial charge in [0.25, 0.3) is 0 Å². The molecule has 0 amide bonds. The van der Waals surface area contributed by atoms with Gasteiger partial charge in [-0.05, 0) is 45.9 Å². The van der Waals surface area contributed by atoms with Crippen molar-refractivity contribution < 1.29 is 0 Å². The maximum absolute atomic E-state index is 5.00. The number of nitrogens with one attached hydrogen (secondary N) is 1. The predicted molar refractivity (Wildman–Crippen MR) is 130 cm³/mol. The van der Waals surface area contributed by atoms with Crippen LogP contribution in [0.1, 0.15) is 50.1 Å². The molecule has 7 nitrogen and oxygen atoms in total. The number of nitrogens with zero attached hydrogens (tertiary/aromatic N) is 6. The number of fused-ring (bicyclic) bond motifs is 1. The molecule has 5 rings (SSSR count). The molecule has 33 heavy (non-hydrogen) atoms. The molecule has 3 heterocycles. The average Bonchev–Trinajstić information content (AvgIpc) is 3.49. The number of aryl methyl sites for hydroxylation is 1. The standard InChI is InChI=1S/C26H27N7/c1-4-7-23-28-24-20(17(2)3)14-15-27-26(24)33(23)16-18-10-12-19(13-11-18)21-8-5-6-9-22(21)25-29-31-32-30-25/h5-6,8-15,17H,4,7,16H2,1-3H3,(H,29,30,31,32). The number of aromatic amines is 1. The average molecular weight is 438 g/mol. The molecule has 0 spiro atoms. The highest BCUT2D eigenvalue weighted by atomic mass is 15.5. The summed E-state index contributed by atoms with van der Waals surface area (Å²) in [6.45, 7) is 7.35. The van der Waals surface area contributed by atoms with Crippen molar-refractivity contribution in [3.05, 3.63) is 77.7 Å². The van der Waals surface area contributed by atoms with Crippen molar-refractivity contribution in [2.75, 3.05) is 0 Å². The normalized spacial score (nSPS) is 11.5. The molecule has 0 aliphatic heterocycles. The summed E-state index contributed by atoms with van der Waals surface area (Å²) in [6.07, 6.45) is 3.89. The molecule has 0 aliphatic carbocycles. The second-order valence-electron chi connectivity index (χ2n) is 8.57. The van der Waals surface area contributed by atoms with E-state index >= 15 is 0 Å². The van der Waals surface area contributed by atoms with Gasteiger partial charge >= 0.3 is 0 Å². The lowest BCUT2D eigenvalue weighted by atomic mass is 9.98. The van der Waals surface area contributed by atoms with Crippen LogP contribution in [0.2, 0.25) is 0 Å². The molecular weight excluding hydrogens is 410 g/mol. The summed E-state index contributed by atoms with van der Waals surface area (Å²) in [6, 6.07) is 18.9. The van der Waals surface area contributed by atoms with E-state index in [1.54, 1.807) is 0 Å². The molecule has 0 fully saturated rings. The van der Waals surface area contributed by atoms with Gasteiger partial charge < -0.3 is 4.57 Å². The van der Waals surface area contributed by atoms with Crippen LogP contribution in [0, 0.1) is 0 Å². The first-order valence-electron chi connectivity index (χ1n) is 11.4. The van der Waals surface area contributed by atoms with Gasteiger partial charge in [-0.2, -0.15) is 5.21 Å². The topological polar surface area (TPSA) is 85.2 Å². The minimum Gasteiger partial charge on any atom is -0.308 e. The zero-order valence-electron chi connectivity index (χ0n) is 19.2. The quantitative estimate of drug-likeness (QED) is 0.368. The molecule has 0 saturated carbocycles. The van der Waals surface area contributed by atoms with Crippen LogP contribution in [0.5, 0.6) is 0 Å². The fourth-order valence-electron chi connectivity index (χ4n) is 4.31. The Hall–Kier alpha value is -3.87. The van der Waals surface area contributed by atoms with Gasteiger partial charge in [0, 0.05) is 18.2 Å². The molecule has 7 heteroatoms. The number of benzene rings is 2. The first-order valence-corrected chi connectivity index (χ1v) is 11.4. The third-order valence-corrected chi connectivity index (χ3v) is 5.96. The Morgan fingerprint density at radius 2 is 1.76 bits per heavy atom. The molecule has 0 unspecified atom stereocenters. The molecule has 0 saturated heterocycles. The van der Waals surface area contributed by atoms with Gasteiger partial charge in [0.05, 0.1) is 6.54 Å². The summed E-state index contributed by atoms with van der Waals surface area (Å²) in [5.74, 6) is 2.10. The smallest absolute Gasteiger partial charge is 0.205 e. The number of imidazole rings is 1. The van der Waals surface area contributed by atoms with Gasteiger partial charge in [-0.15, -0.1) is 10.2 Å². The van der Waals surface area contributed by atoms with Gasteiger partial charge in [0.15, 0.2) is 5.65 Å². The van der Waals surface area contributed by atoms with Crippen LogP contribution in [0.3, 0.4) is 0 Å². The van der Waals surface area contributed by atoms with Crippen molar-refractivity contribution in [3.8, 4) is 22.5 Å². The second-order valence-corrected chi connectivity index (χ2v) is 8.57. The van der Waals surface area contributed by atoms with E-state index in [-0.39, 0.29) is 0 Å². The van der Waals surface area contributed by atoms with Crippen LogP contribution in [0.25, 0.3) is 33.7 Å². The molecule has 0 bridgehead atoms. The Morgan fingerprint density at radius 1 is 0.970 bits per heavy atom. The van der Waals surface area contributed by atoms with Gasteiger partial charge in [-0.25, -0.2) is 9.97 Å². The first kappa shape index (κ1) is 21.0. The lowest BCUT2D eigenvalue weighted by molar-refractivity contribution is 0.717. The Kier molecular flexibility index (Phi) is 5.69. The van der Waals surface area contributed by atoms with E-state index in [1.807, 2.05) is 24.4 Å². The third kappa shape index (κ3) is 4.02. The van der Waals surface area contributed by atoms with Gasteiger partial charge in [-0.1, -0.05) is 69.3 Å². The Labute approximate surface area is 192 Å². The van der Waals surface area contributed by atoms with Crippen LogP contribution < -0.4 is 0 Å². The Morgan fingerprint density at radius 3 is 2.45 bits per heavy atom. The molecule has 2 aromatic carbocycles. The fraction of sp³-hybridized carbons (Fsp3) is 0.269. The van der Waals surface area contributed by atoms with Crippen molar-refractivity contribution in [1.29, 1.82) is 0 Å². The summed E-state index contributed by atoms with van der Waals surface area (Å²) in [5.41, 5.74) is 7.61. The number of tetrazole rings is 1. The number of rotatable bonds is 7. The Bertz CT molecular complexity index is 1370. The summed E-state index contributed by atoms with van der Waals surface area (Å²) in [7, 11) is 0. The van der Waals surface area contributed by atoms with E-state index in [9.17, 15) is 0 Å². The zero-order valence-corrected chi connectivity index (χ0v) is 19.2. The molecule has 5 aromatic rings. The van der Waals surface area contributed by atoms with E-state index in [0.717, 1.165) is 53.1 Å². The highest BCUT2D eigenvalue weighted by Crippen LogP contribution is 2.30. The SMILES string of the molecule is CCCc1nc2c(C(C)C)ccnc2n1Cc1ccc(-c2ccccc2-c2nn[nH]n2)cc1. The molecule has 166 valence electrons. The number of aromatic nitrogens is 7. The molecule has 0 aliphatic rings. The van der Waals surface area contributed by atoms with Gasteiger partial charge in [-0.3, -0.25) is 0 Å². The maximum Gasteiger partial charge on any atom is 0.205 e. The molecular formula is C26H27N7.